The van der Waals surface area contributed by atoms with Gasteiger partial charge in [0.25, 0.3) is 0 Å². The van der Waals surface area contributed by atoms with Crippen molar-refractivity contribution >= 4 is 0 Å². The van der Waals surface area contributed by atoms with Crippen molar-refractivity contribution in [2.45, 2.75) is 57.3 Å². The van der Waals surface area contributed by atoms with E-state index >= 15 is 0 Å². The minimum absolute atomic E-state index is 0.00790. The van der Waals surface area contributed by atoms with E-state index in [1.165, 1.54) is 0 Å². The SMILES string of the molecule is CCC1(C)CC(NCCC(F)(F)F)CCO1. The third-order valence-corrected chi connectivity index (χ3v) is 3.18. The van der Waals surface area contributed by atoms with Crippen molar-refractivity contribution in [3.05, 3.63) is 0 Å². The lowest BCUT2D eigenvalue weighted by Gasteiger charge is -2.38. The summed E-state index contributed by atoms with van der Waals surface area (Å²) in [6.45, 7) is 4.70. The van der Waals surface area contributed by atoms with E-state index in [0.29, 0.717) is 6.61 Å². The van der Waals surface area contributed by atoms with Crippen molar-refractivity contribution in [2.24, 2.45) is 0 Å². The van der Waals surface area contributed by atoms with Gasteiger partial charge < -0.3 is 10.1 Å². The van der Waals surface area contributed by atoms with E-state index in [1.54, 1.807) is 0 Å². The van der Waals surface area contributed by atoms with Crippen LogP contribution in [0.2, 0.25) is 0 Å². The number of ether oxygens (including phenoxy) is 1. The number of hydrogen-bond acceptors (Lipinski definition) is 2. The zero-order valence-corrected chi connectivity index (χ0v) is 9.86. The van der Waals surface area contributed by atoms with Crippen LogP contribution in [0, 0.1) is 0 Å². The van der Waals surface area contributed by atoms with Gasteiger partial charge in [-0.15, -0.1) is 0 Å². The molecule has 1 heterocycles. The number of halogens is 3. The fourth-order valence-corrected chi connectivity index (χ4v) is 1.97. The highest BCUT2D eigenvalue weighted by molar-refractivity contribution is 4.85. The summed E-state index contributed by atoms with van der Waals surface area (Å²) in [6.07, 6.45) is -2.33. The van der Waals surface area contributed by atoms with Crippen LogP contribution < -0.4 is 5.32 Å². The van der Waals surface area contributed by atoms with E-state index in [1.807, 2.05) is 13.8 Å². The van der Waals surface area contributed by atoms with E-state index in [2.05, 4.69) is 5.32 Å². The van der Waals surface area contributed by atoms with Crippen LogP contribution in [-0.2, 0) is 4.74 Å². The average Bonchev–Trinajstić information content (AvgIpc) is 2.16. The smallest absolute Gasteiger partial charge is 0.375 e. The molecule has 1 saturated heterocycles. The molecular formula is C11H20F3NO. The third kappa shape index (κ3) is 4.70. The summed E-state index contributed by atoms with van der Waals surface area (Å²) < 4.78 is 41.5. The normalized spacial score (nSPS) is 31.7. The first-order chi connectivity index (χ1) is 7.35. The highest BCUT2D eigenvalue weighted by atomic mass is 19.4. The van der Waals surface area contributed by atoms with Crippen molar-refractivity contribution in [1.82, 2.24) is 5.32 Å². The van der Waals surface area contributed by atoms with Crippen LogP contribution >= 0.6 is 0 Å². The Kier molecular flexibility index (Phi) is 4.62. The molecule has 1 N–H and O–H groups in total. The van der Waals surface area contributed by atoms with Gasteiger partial charge in [-0.2, -0.15) is 13.2 Å². The zero-order valence-electron chi connectivity index (χ0n) is 9.86. The summed E-state index contributed by atoms with van der Waals surface area (Å²) in [5.74, 6) is 0. The summed E-state index contributed by atoms with van der Waals surface area (Å²) in [4.78, 5) is 0. The van der Waals surface area contributed by atoms with Crippen molar-refractivity contribution in [1.29, 1.82) is 0 Å². The van der Waals surface area contributed by atoms with Gasteiger partial charge in [0.05, 0.1) is 12.0 Å². The van der Waals surface area contributed by atoms with Gasteiger partial charge in [0.2, 0.25) is 0 Å². The van der Waals surface area contributed by atoms with Crippen LogP contribution in [0.4, 0.5) is 13.2 Å². The molecule has 0 amide bonds. The van der Waals surface area contributed by atoms with Crippen molar-refractivity contribution in [3.8, 4) is 0 Å². The fourth-order valence-electron chi connectivity index (χ4n) is 1.97. The molecular weight excluding hydrogens is 219 g/mol. The van der Waals surface area contributed by atoms with Crippen LogP contribution in [0.15, 0.2) is 0 Å². The Morgan fingerprint density at radius 2 is 2.12 bits per heavy atom. The maximum absolute atomic E-state index is 12.0. The highest BCUT2D eigenvalue weighted by Gasteiger charge is 2.32. The first-order valence-corrected chi connectivity index (χ1v) is 5.79. The van der Waals surface area contributed by atoms with Crippen molar-refractivity contribution in [2.75, 3.05) is 13.2 Å². The summed E-state index contributed by atoms with van der Waals surface area (Å²) in [7, 11) is 0. The molecule has 1 aliphatic rings. The quantitative estimate of drug-likeness (QED) is 0.814. The fraction of sp³-hybridized carbons (Fsp3) is 1.00. The summed E-state index contributed by atoms with van der Waals surface area (Å²) in [6, 6.07) is 0.154. The molecule has 0 aliphatic carbocycles. The van der Waals surface area contributed by atoms with E-state index in [9.17, 15) is 13.2 Å². The standard InChI is InChI=1S/C11H20F3NO/c1-3-10(2)8-9(4-7-16-10)15-6-5-11(12,13)14/h9,15H,3-8H2,1-2H3. The van der Waals surface area contributed by atoms with Gasteiger partial charge in [0, 0.05) is 19.2 Å². The van der Waals surface area contributed by atoms with E-state index in [0.717, 1.165) is 19.3 Å². The Bertz CT molecular complexity index is 220. The molecule has 0 radical (unpaired) electrons. The maximum Gasteiger partial charge on any atom is 0.390 e. The lowest BCUT2D eigenvalue weighted by Crippen LogP contribution is -2.45. The molecule has 1 aliphatic heterocycles. The Balaban J connectivity index is 2.27. The molecule has 1 rings (SSSR count). The monoisotopic (exact) mass is 239 g/mol. The van der Waals surface area contributed by atoms with Crippen LogP contribution in [0.25, 0.3) is 0 Å². The van der Waals surface area contributed by atoms with Gasteiger partial charge in [0.15, 0.2) is 0 Å². The van der Waals surface area contributed by atoms with Crippen LogP contribution in [0.3, 0.4) is 0 Å². The molecule has 0 aromatic carbocycles. The van der Waals surface area contributed by atoms with Gasteiger partial charge in [-0.25, -0.2) is 0 Å². The Hall–Kier alpha value is -0.290. The van der Waals surface area contributed by atoms with E-state index < -0.39 is 12.6 Å². The number of rotatable bonds is 4. The third-order valence-electron chi connectivity index (χ3n) is 3.18. The second-order valence-corrected chi connectivity index (χ2v) is 4.66. The Labute approximate surface area is 94.5 Å². The predicted molar refractivity (Wildman–Crippen MR) is 56.3 cm³/mol. The second kappa shape index (κ2) is 5.36. The maximum atomic E-state index is 12.0. The average molecular weight is 239 g/mol. The molecule has 0 saturated carbocycles. The van der Waals surface area contributed by atoms with Crippen LogP contribution in [0.1, 0.15) is 39.5 Å². The molecule has 16 heavy (non-hydrogen) atoms. The highest BCUT2D eigenvalue weighted by Crippen LogP contribution is 2.28. The molecule has 0 bridgehead atoms. The number of hydrogen-bond donors (Lipinski definition) is 1. The molecule has 96 valence electrons. The molecule has 2 nitrogen and oxygen atoms in total. The lowest BCUT2D eigenvalue weighted by molar-refractivity contribution is -0.134. The first kappa shape index (κ1) is 13.8. The number of nitrogens with one attached hydrogen (secondary N) is 1. The minimum atomic E-state index is -4.06. The summed E-state index contributed by atoms with van der Waals surface area (Å²) in [5, 5.41) is 2.97. The van der Waals surface area contributed by atoms with Crippen molar-refractivity contribution in [3.63, 3.8) is 0 Å². The molecule has 0 spiro atoms. The van der Waals surface area contributed by atoms with Crippen LogP contribution in [-0.4, -0.2) is 31.0 Å². The van der Waals surface area contributed by atoms with Crippen molar-refractivity contribution < 1.29 is 17.9 Å². The van der Waals surface area contributed by atoms with E-state index in [-0.39, 0.29) is 18.2 Å². The zero-order chi connectivity index (χ0) is 12.2. The van der Waals surface area contributed by atoms with Gasteiger partial charge in [-0.1, -0.05) is 6.92 Å². The molecule has 1 fully saturated rings. The van der Waals surface area contributed by atoms with Gasteiger partial charge in [-0.05, 0) is 26.2 Å². The molecule has 2 atom stereocenters. The number of alkyl halides is 3. The predicted octanol–water partition coefficient (Wildman–Crippen LogP) is 2.88. The molecule has 0 aromatic heterocycles. The Morgan fingerprint density at radius 1 is 1.44 bits per heavy atom. The summed E-state index contributed by atoms with van der Waals surface area (Å²) >= 11 is 0. The molecule has 0 aromatic rings. The largest absolute Gasteiger partial charge is 0.390 e. The van der Waals surface area contributed by atoms with Gasteiger partial charge in [0.1, 0.15) is 0 Å². The lowest BCUT2D eigenvalue weighted by atomic mass is 9.90. The molecule has 5 heteroatoms. The first-order valence-electron chi connectivity index (χ1n) is 5.79. The molecule has 2 unspecified atom stereocenters. The minimum Gasteiger partial charge on any atom is -0.375 e. The Morgan fingerprint density at radius 3 is 2.69 bits per heavy atom. The second-order valence-electron chi connectivity index (χ2n) is 4.66. The van der Waals surface area contributed by atoms with E-state index in [4.69, 9.17) is 4.74 Å². The van der Waals surface area contributed by atoms with Gasteiger partial charge in [-0.3, -0.25) is 0 Å². The summed E-state index contributed by atoms with van der Waals surface area (Å²) in [5.41, 5.74) is -0.172. The van der Waals surface area contributed by atoms with Gasteiger partial charge >= 0.3 is 6.18 Å². The topological polar surface area (TPSA) is 21.3 Å². The van der Waals surface area contributed by atoms with Crippen LogP contribution in [0.5, 0.6) is 0 Å².